The molecule has 0 bridgehead atoms. The largest absolute Gasteiger partial charge is 0.772 e. The number of methoxy groups -OCH3 is 2. The summed E-state index contributed by atoms with van der Waals surface area (Å²) in [7, 11) is 3.09. The number of aryl methyl sites for hydroxylation is 4. The lowest BCUT2D eigenvalue weighted by Crippen LogP contribution is -2.49. The predicted octanol–water partition coefficient (Wildman–Crippen LogP) is 18.0. The normalized spacial score (nSPS) is 13.3. The predicted molar refractivity (Wildman–Crippen MR) is 590 cm³/mol. The molecule has 2 atom stereocenters. The minimum atomic E-state index is -2.02. The Kier molecular flexibility index (Phi) is 74.7. The molecule has 4 amide bonds. The summed E-state index contributed by atoms with van der Waals surface area (Å²) in [6, 6.07) is 23.4. The molecule has 1 N–H and O–H groups in total. The van der Waals surface area contributed by atoms with E-state index in [9.17, 15) is 70.3 Å². The highest BCUT2D eigenvalue weighted by Crippen LogP contribution is 2.23. The molecule has 0 saturated carbocycles. The SMILES string of the molecule is CC(C)CC(=O)CCc1ccncn1.CC(C)CC(=O)CCc1cnccn1.CC(C)CC(=O)Cc1ccccc1.CC(C)CC(=O)Cc1ncccc1C#N.CC(C)CC(=O)N1CCC(CS(=O)[O-])CC1.CC(C)CC(=O)N1CCC(NC=O)CC1.CC(C)CC(=O)N1CCN(CS(=O)[O-])CC1.COc1ccnc(CCC(=O)CC(C)C)n1.COc1ncc(CCC(=O)CC(C)C)cn1.CSc1ccnc(CC(=O)CC(C)C)c1. The molecular formula is C114H174N16O17S3-2. The molecule has 3 aliphatic rings. The summed E-state index contributed by atoms with van der Waals surface area (Å²) in [6.45, 7) is 46.5. The van der Waals surface area contributed by atoms with Crippen molar-refractivity contribution >= 4 is 98.5 Å². The van der Waals surface area contributed by atoms with Crippen molar-refractivity contribution in [2.75, 3.05) is 84.5 Å². The van der Waals surface area contributed by atoms with Gasteiger partial charge in [0.05, 0.1) is 43.5 Å². The van der Waals surface area contributed by atoms with Crippen molar-refractivity contribution in [3.8, 4) is 18.0 Å². The molecule has 3 fully saturated rings. The number of hydrogen-bond acceptors (Lipinski definition) is 30. The Labute approximate surface area is 904 Å². The minimum Gasteiger partial charge on any atom is -0.772 e. The van der Waals surface area contributed by atoms with Gasteiger partial charge in [0.2, 0.25) is 30.0 Å². The van der Waals surface area contributed by atoms with E-state index in [0.717, 1.165) is 84.7 Å². The number of rotatable bonds is 47. The van der Waals surface area contributed by atoms with E-state index < -0.39 is 22.2 Å². The number of Topliss-reactive ketones (excluding diaryl/α,β-unsaturated/α-hetero) is 7. The summed E-state index contributed by atoms with van der Waals surface area (Å²) in [6.07, 6.45) is 35.4. The fraction of sp³-hybridized carbons (Fsp3) is 0.614. The summed E-state index contributed by atoms with van der Waals surface area (Å²) in [5.74, 6) is 8.51. The van der Waals surface area contributed by atoms with Gasteiger partial charge in [-0.05, 0) is 169 Å². The van der Waals surface area contributed by atoms with Gasteiger partial charge in [0, 0.05) is 251 Å². The lowest BCUT2D eigenvalue weighted by Gasteiger charge is -2.35. The Morgan fingerprint density at radius 3 is 1.33 bits per heavy atom. The number of ketones is 7. The number of ether oxygens (including phenoxy) is 2. The Balaban J connectivity index is 0.000000834. The van der Waals surface area contributed by atoms with Crippen LogP contribution in [0.25, 0.3) is 0 Å². The summed E-state index contributed by atoms with van der Waals surface area (Å²) in [5.41, 5.74) is 5.89. The average Bonchev–Trinajstić information content (AvgIpc) is 1.14. The fourth-order valence-corrected chi connectivity index (χ4v) is 16.9. The monoisotopic (exact) mass is 2140 g/mol. The van der Waals surface area contributed by atoms with E-state index in [1.54, 1.807) is 92.8 Å². The average molecular weight is 2140 g/mol. The zero-order chi connectivity index (χ0) is 112. The van der Waals surface area contributed by atoms with E-state index in [4.69, 9.17) is 14.7 Å². The molecule has 9 heterocycles. The molecule has 7 aromatic rings. The zero-order valence-corrected chi connectivity index (χ0v) is 96.2. The second kappa shape index (κ2) is 81.8. The Bertz CT molecular complexity index is 4940. The third kappa shape index (κ3) is 72.5. The molecule has 3 saturated heterocycles. The van der Waals surface area contributed by atoms with Gasteiger partial charge in [-0.25, -0.2) is 24.9 Å². The topological polar surface area (TPSA) is 464 Å². The van der Waals surface area contributed by atoms with E-state index in [2.05, 4.69) is 124 Å². The molecule has 36 heteroatoms. The number of nitrogens with one attached hydrogen (secondary N) is 1. The highest BCUT2D eigenvalue weighted by Gasteiger charge is 2.27. The molecule has 6 aromatic heterocycles. The maximum atomic E-state index is 11.7. The zero-order valence-electron chi connectivity index (χ0n) is 93.8. The van der Waals surface area contributed by atoms with Crippen molar-refractivity contribution in [1.29, 1.82) is 5.26 Å². The van der Waals surface area contributed by atoms with Crippen molar-refractivity contribution in [3.05, 3.63) is 174 Å². The van der Waals surface area contributed by atoms with E-state index in [1.807, 2.05) is 150 Å². The molecular weight excluding hydrogens is 1960 g/mol. The molecule has 33 nitrogen and oxygen atoms in total. The molecule has 832 valence electrons. The molecule has 0 radical (unpaired) electrons. The number of piperazine rings is 1. The summed E-state index contributed by atoms with van der Waals surface area (Å²) >= 11 is -2.30. The number of likely N-dealkylation sites (tertiary alicyclic amines) is 2. The van der Waals surface area contributed by atoms with Gasteiger partial charge >= 0.3 is 6.01 Å². The van der Waals surface area contributed by atoms with Crippen molar-refractivity contribution < 1.29 is 79.7 Å². The van der Waals surface area contributed by atoms with E-state index >= 15 is 0 Å². The summed E-state index contributed by atoms with van der Waals surface area (Å²) in [5, 5.41) is 11.6. The third-order valence-electron chi connectivity index (χ3n) is 22.4. The number of piperidine rings is 2. The van der Waals surface area contributed by atoms with Crippen molar-refractivity contribution in [2.24, 2.45) is 65.1 Å². The number of amides is 4. The van der Waals surface area contributed by atoms with Gasteiger partial charge in [-0.15, -0.1) is 11.8 Å². The van der Waals surface area contributed by atoms with E-state index in [-0.39, 0.29) is 65.1 Å². The Morgan fingerprint density at radius 1 is 0.433 bits per heavy atom. The van der Waals surface area contributed by atoms with Gasteiger partial charge in [-0.1, -0.05) is 180 Å². The number of benzene rings is 1. The quantitative estimate of drug-likeness (QED) is 0.0210. The fourth-order valence-electron chi connectivity index (χ4n) is 15.2. The van der Waals surface area contributed by atoms with Crippen LogP contribution in [0.4, 0.5) is 0 Å². The van der Waals surface area contributed by atoms with Gasteiger partial charge < -0.3 is 38.6 Å². The number of aromatic nitrogens is 10. The Morgan fingerprint density at radius 2 is 0.887 bits per heavy atom. The van der Waals surface area contributed by atoms with Crippen LogP contribution in [-0.4, -0.2) is 242 Å². The molecule has 0 aliphatic carbocycles. The van der Waals surface area contributed by atoms with E-state index in [1.165, 1.54) is 13.4 Å². The van der Waals surface area contributed by atoms with Crippen molar-refractivity contribution in [1.82, 2.24) is 74.8 Å². The first-order chi connectivity index (χ1) is 71.1. The third-order valence-corrected chi connectivity index (χ3v) is 24.4. The smallest absolute Gasteiger partial charge is 0.316 e. The lowest BCUT2D eigenvalue weighted by molar-refractivity contribution is -0.134. The van der Waals surface area contributed by atoms with Crippen LogP contribution in [-0.2, 0) is 120 Å². The molecule has 10 rings (SSSR count). The highest BCUT2D eigenvalue weighted by molar-refractivity contribution is 7.98. The highest BCUT2D eigenvalue weighted by atomic mass is 32.2. The van der Waals surface area contributed by atoms with Gasteiger partial charge in [0.1, 0.15) is 58.7 Å². The molecule has 0 spiro atoms. The number of hydrogen-bond donors (Lipinski definition) is 1. The van der Waals surface area contributed by atoms with Crippen LogP contribution in [0.2, 0.25) is 0 Å². The summed E-state index contributed by atoms with van der Waals surface area (Å²) < 4.78 is 52.0. The first kappa shape index (κ1) is 137. The molecule has 2 unspecified atom stereocenters. The second-order valence-electron chi connectivity index (χ2n) is 41.7. The number of nitriles is 1. The minimum absolute atomic E-state index is 0.0756. The van der Waals surface area contributed by atoms with Crippen LogP contribution in [0, 0.1) is 76.4 Å². The number of carbonyl (C=O) groups is 11. The van der Waals surface area contributed by atoms with Crippen LogP contribution in [0.1, 0.15) is 299 Å². The van der Waals surface area contributed by atoms with Crippen molar-refractivity contribution in [2.45, 2.75) is 310 Å². The molecule has 3 aliphatic heterocycles. The Hall–Kier alpha value is -11.0. The van der Waals surface area contributed by atoms with Gasteiger partial charge in [0.25, 0.3) is 0 Å². The van der Waals surface area contributed by atoms with Gasteiger partial charge in [-0.3, -0.25) is 86.0 Å². The first-order valence-electron chi connectivity index (χ1n) is 52.7. The second-order valence-corrected chi connectivity index (χ2v) is 44.4. The standard InChI is InChI=1S/2C12H18N2O2.C12H14N2O.C12H17NOS.C12H16O.C11H20N2O2.2C11H16N2O.C11H21NO3S.C10H20N2O3S/c1-9(2)6-11(15)5-4-10-7-13-12(16-3)14-8-10;1-9(2)8-10(15)4-5-11-13-7-6-12(14-11)16-3;1-9(2)6-11(15)7-12-10(8-13)4-3-5-14-12;1-9(2)6-11(14)7-10-8-12(15-3)4-5-13-10;1-10(2)8-12(13)9-11-6-4-3-5-7-11;1-9(2)7-11(15)13-5-3-10(4-6-13)12-8-14;1-9(2)7-11(14)4-3-10-8-12-5-6-13-10;1-9(2)7-11(14)4-3-10-5-6-12-8-13-10;1-9(2)7-11(13)12-5-3-10(4-6-12)8-16(14)15;1-9(2)7-10(13)12-5-3-11(4-6-12)8-16(14)15/h7-9H,4-6H2,1-3H3;6-7,9H,4-5,8H2,1-3H3;3-5,9H,6-7H2,1-2H3;4-5,8-9H,6-7H2,1-3H3;3-7,10H,8-9H2,1-2H3;8-10H,3-7H2,1-2H3,(H,12,14);2*5-6,8-9H,3-4,7H2,1-2H3;9-10H,3-8H2,1-2H3,(H,14,15);9H,3-8H2,1-2H3,(H,14,15)/p-2. The maximum Gasteiger partial charge on any atom is 0.316 e. The van der Waals surface area contributed by atoms with Crippen molar-refractivity contribution in [3.63, 3.8) is 0 Å². The van der Waals surface area contributed by atoms with Crippen LogP contribution in [0.5, 0.6) is 11.9 Å². The van der Waals surface area contributed by atoms with Crippen LogP contribution >= 0.6 is 11.8 Å². The number of carbonyl (C=O) groups excluding carboxylic acids is 11. The van der Waals surface area contributed by atoms with Gasteiger partial charge in [-0.2, -0.15) is 10.2 Å². The van der Waals surface area contributed by atoms with E-state index in [0.29, 0.717) is 273 Å². The lowest BCUT2D eigenvalue weighted by atomic mass is 9.98. The van der Waals surface area contributed by atoms with Crippen LogP contribution in [0.15, 0.2) is 134 Å². The van der Waals surface area contributed by atoms with Crippen LogP contribution in [0.3, 0.4) is 0 Å². The first-order valence-corrected chi connectivity index (χ1v) is 56.4. The summed E-state index contributed by atoms with van der Waals surface area (Å²) in [4.78, 5) is 175. The van der Waals surface area contributed by atoms with Gasteiger partial charge in [0.15, 0.2) is 0 Å². The number of pyridine rings is 2. The number of nitrogens with zero attached hydrogens (tertiary/aromatic N) is 15. The maximum absolute atomic E-state index is 11.7. The van der Waals surface area contributed by atoms with Crippen LogP contribution < -0.4 is 14.8 Å². The molecule has 150 heavy (non-hydrogen) atoms. The molecule has 1 aromatic carbocycles. The number of thioether (sulfide) groups is 1.